The molecule has 0 aliphatic heterocycles. The molecule has 5 nitrogen and oxygen atoms in total. The van der Waals surface area contributed by atoms with E-state index < -0.39 is 0 Å². The average Bonchev–Trinajstić information content (AvgIpc) is 2.61. The second-order valence-corrected chi connectivity index (χ2v) is 6.32. The summed E-state index contributed by atoms with van der Waals surface area (Å²) in [5.41, 5.74) is 1.56. The molecule has 0 radical (unpaired) electrons. The summed E-state index contributed by atoms with van der Waals surface area (Å²) in [5.74, 6) is 0.293. The van der Waals surface area contributed by atoms with Crippen molar-refractivity contribution in [1.82, 2.24) is 0 Å². The summed E-state index contributed by atoms with van der Waals surface area (Å²) in [6.45, 7) is 4.24. The fourth-order valence-electron chi connectivity index (χ4n) is 2.34. The van der Waals surface area contributed by atoms with Crippen molar-refractivity contribution in [3.63, 3.8) is 0 Å². The first-order chi connectivity index (χ1) is 12.5. The molecule has 0 atom stereocenters. The van der Waals surface area contributed by atoms with Gasteiger partial charge in [0.1, 0.15) is 5.75 Å². The maximum absolute atomic E-state index is 12.4. The zero-order valence-electron chi connectivity index (χ0n) is 15.0. The molecule has 0 saturated heterocycles. The molecular formula is C20H23ClN2O3. The second-order valence-electron chi connectivity index (χ2n) is 5.91. The minimum atomic E-state index is -0.267. The largest absolute Gasteiger partial charge is 0.494 e. The van der Waals surface area contributed by atoms with E-state index >= 15 is 0 Å². The highest BCUT2D eigenvalue weighted by atomic mass is 35.5. The minimum absolute atomic E-state index is 0.185. The van der Waals surface area contributed by atoms with Gasteiger partial charge in [0.05, 0.1) is 17.3 Å². The number of hydrogen-bond donors (Lipinski definition) is 2. The van der Waals surface area contributed by atoms with Crippen LogP contribution < -0.4 is 15.4 Å². The van der Waals surface area contributed by atoms with Crippen LogP contribution in [-0.2, 0) is 4.79 Å². The van der Waals surface area contributed by atoms with Gasteiger partial charge in [-0.25, -0.2) is 0 Å². The van der Waals surface area contributed by atoms with Gasteiger partial charge in [-0.3, -0.25) is 9.59 Å². The van der Waals surface area contributed by atoms with Gasteiger partial charge < -0.3 is 15.4 Å². The fraction of sp³-hybridized carbons (Fsp3) is 0.300. The molecule has 138 valence electrons. The number of nitrogens with one attached hydrogen (secondary N) is 2. The highest BCUT2D eigenvalue weighted by Crippen LogP contribution is 2.26. The summed E-state index contributed by atoms with van der Waals surface area (Å²) < 4.78 is 5.64. The Balaban J connectivity index is 1.96. The predicted molar refractivity (Wildman–Crippen MR) is 105 cm³/mol. The first-order valence-electron chi connectivity index (χ1n) is 8.61. The van der Waals surface area contributed by atoms with Crippen LogP contribution in [0.5, 0.6) is 5.75 Å². The number of halogens is 1. The van der Waals surface area contributed by atoms with Gasteiger partial charge in [0.15, 0.2) is 0 Å². The Kier molecular flexibility index (Phi) is 7.48. The SMILES string of the molecule is CCCCCOc1ccc(C(=O)Nc2ccc(NC(C)=O)cc2Cl)cc1. The first kappa shape index (κ1) is 19.8. The number of rotatable bonds is 8. The number of carbonyl (C=O) groups excluding carboxylic acids is 2. The molecule has 2 rings (SSSR count). The lowest BCUT2D eigenvalue weighted by atomic mass is 10.2. The van der Waals surface area contributed by atoms with E-state index in [2.05, 4.69) is 17.6 Å². The standard InChI is InChI=1S/C20H23ClN2O3/c1-3-4-5-12-26-17-9-6-15(7-10-17)20(25)23-19-11-8-16(13-18(19)21)22-14(2)24/h6-11,13H,3-5,12H2,1-2H3,(H,22,24)(H,23,25). The summed E-state index contributed by atoms with van der Waals surface area (Å²) in [5, 5.41) is 5.75. The van der Waals surface area contributed by atoms with Gasteiger partial charge in [-0.15, -0.1) is 0 Å². The van der Waals surface area contributed by atoms with E-state index in [1.54, 1.807) is 42.5 Å². The van der Waals surface area contributed by atoms with Gasteiger partial charge in [0, 0.05) is 18.2 Å². The van der Waals surface area contributed by atoms with Gasteiger partial charge in [-0.2, -0.15) is 0 Å². The molecule has 0 unspecified atom stereocenters. The van der Waals surface area contributed by atoms with Crippen LogP contribution in [0.2, 0.25) is 5.02 Å². The van der Waals surface area contributed by atoms with Crippen LogP contribution in [0, 0.1) is 0 Å². The van der Waals surface area contributed by atoms with Crippen molar-refractivity contribution in [2.45, 2.75) is 33.1 Å². The van der Waals surface area contributed by atoms with Crippen LogP contribution >= 0.6 is 11.6 Å². The molecule has 6 heteroatoms. The van der Waals surface area contributed by atoms with E-state index in [0.29, 0.717) is 28.6 Å². The van der Waals surface area contributed by atoms with Crippen molar-refractivity contribution in [2.75, 3.05) is 17.2 Å². The average molecular weight is 375 g/mol. The fourth-order valence-corrected chi connectivity index (χ4v) is 2.56. The van der Waals surface area contributed by atoms with Crippen LogP contribution in [-0.4, -0.2) is 18.4 Å². The number of ether oxygens (including phenoxy) is 1. The molecule has 26 heavy (non-hydrogen) atoms. The smallest absolute Gasteiger partial charge is 0.255 e. The Bertz CT molecular complexity index is 760. The van der Waals surface area contributed by atoms with E-state index in [4.69, 9.17) is 16.3 Å². The van der Waals surface area contributed by atoms with Crippen molar-refractivity contribution in [3.05, 3.63) is 53.1 Å². The molecule has 2 amide bonds. The second kappa shape index (κ2) is 9.82. The predicted octanol–water partition coefficient (Wildman–Crippen LogP) is 5.12. The number of anilines is 2. The maximum Gasteiger partial charge on any atom is 0.255 e. The number of unbranched alkanes of at least 4 members (excludes halogenated alkanes) is 2. The number of carbonyl (C=O) groups is 2. The summed E-state index contributed by atoms with van der Waals surface area (Å²) in [6.07, 6.45) is 3.31. The summed E-state index contributed by atoms with van der Waals surface area (Å²) in [7, 11) is 0. The van der Waals surface area contributed by atoms with E-state index in [9.17, 15) is 9.59 Å². The third kappa shape index (κ3) is 6.08. The first-order valence-corrected chi connectivity index (χ1v) is 8.98. The quantitative estimate of drug-likeness (QED) is 0.630. The Labute approximate surface area is 158 Å². The highest BCUT2D eigenvalue weighted by Gasteiger charge is 2.10. The molecule has 2 aromatic carbocycles. The van der Waals surface area contributed by atoms with E-state index in [1.807, 2.05) is 0 Å². The van der Waals surface area contributed by atoms with Crippen LogP contribution in [0.25, 0.3) is 0 Å². The van der Waals surface area contributed by atoms with Crippen molar-refractivity contribution in [2.24, 2.45) is 0 Å². The van der Waals surface area contributed by atoms with Gasteiger partial charge in [-0.05, 0) is 48.9 Å². The van der Waals surface area contributed by atoms with Crippen LogP contribution in [0.15, 0.2) is 42.5 Å². The summed E-state index contributed by atoms with van der Waals surface area (Å²) in [6, 6.07) is 11.9. The van der Waals surface area contributed by atoms with Crippen molar-refractivity contribution < 1.29 is 14.3 Å². The molecule has 0 heterocycles. The summed E-state index contributed by atoms with van der Waals surface area (Å²) in [4.78, 5) is 23.4. The van der Waals surface area contributed by atoms with E-state index in [-0.39, 0.29) is 11.8 Å². The topological polar surface area (TPSA) is 67.4 Å². The van der Waals surface area contributed by atoms with Crippen molar-refractivity contribution >= 4 is 34.8 Å². The zero-order chi connectivity index (χ0) is 18.9. The lowest BCUT2D eigenvalue weighted by Crippen LogP contribution is -2.12. The summed E-state index contributed by atoms with van der Waals surface area (Å²) >= 11 is 6.17. The lowest BCUT2D eigenvalue weighted by Gasteiger charge is -2.10. The van der Waals surface area contributed by atoms with Gasteiger partial charge in [-0.1, -0.05) is 31.4 Å². The zero-order valence-corrected chi connectivity index (χ0v) is 15.7. The molecule has 0 aliphatic rings. The third-order valence-electron chi connectivity index (χ3n) is 3.67. The van der Waals surface area contributed by atoms with Crippen molar-refractivity contribution in [1.29, 1.82) is 0 Å². The van der Waals surface area contributed by atoms with Crippen LogP contribution in [0.3, 0.4) is 0 Å². The monoisotopic (exact) mass is 374 g/mol. The Morgan fingerprint density at radius 1 is 1.04 bits per heavy atom. The van der Waals surface area contributed by atoms with Crippen LogP contribution in [0.1, 0.15) is 43.5 Å². The van der Waals surface area contributed by atoms with Crippen LogP contribution in [0.4, 0.5) is 11.4 Å². The Hall–Kier alpha value is -2.53. The minimum Gasteiger partial charge on any atom is -0.494 e. The van der Waals surface area contributed by atoms with E-state index in [1.165, 1.54) is 6.92 Å². The molecule has 0 fully saturated rings. The van der Waals surface area contributed by atoms with E-state index in [0.717, 1.165) is 25.0 Å². The molecular weight excluding hydrogens is 352 g/mol. The number of amides is 2. The normalized spacial score (nSPS) is 10.3. The van der Waals surface area contributed by atoms with Gasteiger partial charge in [0.2, 0.25) is 5.91 Å². The molecule has 0 saturated carbocycles. The third-order valence-corrected chi connectivity index (χ3v) is 3.98. The molecule has 0 aliphatic carbocycles. The molecule has 2 N–H and O–H groups in total. The number of benzene rings is 2. The van der Waals surface area contributed by atoms with Gasteiger partial charge >= 0.3 is 0 Å². The number of hydrogen-bond acceptors (Lipinski definition) is 3. The van der Waals surface area contributed by atoms with Gasteiger partial charge in [0.25, 0.3) is 5.91 Å². The highest BCUT2D eigenvalue weighted by molar-refractivity contribution is 6.34. The molecule has 2 aromatic rings. The Morgan fingerprint density at radius 2 is 1.77 bits per heavy atom. The molecule has 0 spiro atoms. The molecule has 0 aromatic heterocycles. The Morgan fingerprint density at radius 3 is 2.38 bits per heavy atom. The maximum atomic E-state index is 12.4. The molecule has 0 bridgehead atoms. The van der Waals surface area contributed by atoms with Crippen molar-refractivity contribution in [3.8, 4) is 5.75 Å². The lowest BCUT2D eigenvalue weighted by molar-refractivity contribution is -0.114.